The van der Waals surface area contributed by atoms with E-state index in [0.717, 1.165) is 23.3 Å². The number of amides is 1. The minimum atomic E-state index is -0.147. The van der Waals surface area contributed by atoms with Gasteiger partial charge in [-0.25, -0.2) is 5.43 Å². The van der Waals surface area contributed by atoms with Crippen LogP contribution in [0.4, 0.5) is 0 Å². The minimum Gasteiger partial charge on any atom is -0.497 e. The molecule has 0 aliphatic rings. The maximum Gasteiger partial charge on any atom is 0.244 e. The number of aryl methyl sites for hydroxylation is 1. The number of ether oxygens (including phenoxy) is 1. The van der Waals surface area contributed by atoms with E-state index < -0.39 is 0 Å². The predicted octanol–water partition coefficient (Wildman–Crippen LogP) is 2.95. The molecule has 0 unspecified atom stereocenters. The van der Waals surface area contributed by atoms with Crippen molar-refractivity contribution in [1.29, 1.82) is 0 Å². The monoisotopic (exact) mass is 296 g/mol. The second kappa shape index (κ2) is 7.98. The summed E-state index contributed by atoms with van der Waals surface area (Å²) in [6.07, 6.45) is 2.94. The summed E-state index contributed by atoms with van der Waals surface area (Å²) < 4.78 is 5.08. The molecule has 0 aliphatic carbocycles. The topological polar surface area (TPSA) is 50.7 Å². The summed E-state index contributed by atoms with van der Waals surface area (Å²) in [5.74, 6) is 0.629. The van der Waals surface area contributed by atoms with E-state index in [0.29, 0.717) is 0 Å². The van der Waals surface area contributed by atoms with Gasteiger partial charge in [-0.2, -0.15) is 5.10 Å². The van der Waals surface area contributed by atoms with Gasteiger partial charge in [0.2, 0.25) is 5.91 Å². The van der Waals surface area contributed by atoms with Gasteiger partial charge in [-0.1, -0.05) is 43.3 Å². The third-order valence-corrected chi connectivity index (χ3v) is 3.31. The number of hydrogen-bond acceptors (Lipinski definition) is 3. The number of carbonyl (C=O) groups excluding carboxylic acids is 1. The van der Waals surface area contributed by atoms with Gasteiger partial charge in [0.25, 0.3) is 0 Å². The first-order valence-corrected chi connectivity index (χ1v) is 7.25. The Morgan fingerprint density at radius 3 is 2.32 bits per heavy atom. The third kappa shape index (κ3) is 4.74. The van der Waals surface area contributed by atoms with Crippen LogP contribution >= 0.6 is 0 Å². The van der Waals surface area contributed by atoms with E-state index in [-0.39, 0.29) is 12.3 Å². The van der Waals surface area contributed by atoms with Crippen LogP contribution in [0.15, 0.2) is 53.6 Å². The first kappa shape index (κ1) is 15.8. The Balaban J connectivity index is 1.84. The Labute approximate surface area is 130 Å². The van der Waals surface area contributed by atoms with E-state index in [4.69, 9.17) is 4.74 Å². The molecule has 0 radical (unpaired) electrons. The molecule has 22 heavy (non-hydrogen) atoms. The van der Waals surface area contributed by atoms with Gasteiger partial charge in [-0.05, 0) is 35.2 Å². The Morgan fingerprint density at radius 1 is 1.09 bits per heavy atom. The quantitative estimate of drug-likeness (QED) is 0.658. The normalized spacial score (nSPS) is 10.6. The van der Waals surface area contributed by atoms with Crippen LogP contribution in [0.2, 0.25) is 0 Å². The van der Waals surface area contributed by atoms with Crippen molar-refractivity contribution in [3.63, 3.8) is 0 Å². The van der Waals surface area contributed by atoms with E-state index in [1.807, 2.05) is 36.4 Å². The highest BCUT2D eigenvalue weighted by Crippen LogP contribution is 2.11. The maximum absolute atomic E-state index is 11.8. The number of hydrazone groups is 1. The van der Waals surface area contributed by atoms with Gasteiger partial charge in [-0.15, -0.1) is 0 Å². The molecule has 114 valence electrons. The molecule has 1 amide bonds. The lowest BCUT2D eigenvalue weighted by Crippen LogP contribution is -2.19. The van der Waals surface area contributed by atoms with Crippen molar-refractivity contribution < 1.29 is 9.53 Å². The molecule has 2 rings (SSSR count). The Kier molecular flexibility index (Phi) is 5.72. The van der Waals surface area contributed by atoms with Crippen LogP contribution in [0, 0.1) is 0 Å². The first-order chi connectivity index (χ1) is 10.7. The summed E-state index contributed by atoms with van der Waals surface area (Å²) >= 11 is 0. The standard InChI is InChI=1S/C18H20N2O2/c1-3-14-4-6-16(7-5-14)13-19-20-18(21)12-15-8-10-17(22-2)11-9-15/h4-11,13H,3,12H2,1-2H3,(H,20,21)/b19-13+. The number of rotatable bonds is 6. The average molecular weight is 296 g/mol. The second-order valence-electron chi connectivity index (χ2n) is 4.91. The molecule has 0 fully saturated rings. The average Bonchev–Trinajstić information content (AvgIpc) is 2.56. The summed E-state index contributed by atoms with van der Waals surface area (Å²) in [4.78, 5) is 11.8. The molecule has 0 bridgehead atoms. The van der Waals surface area contributed by atoms with E-state index >= 15 is 0 Å². The van der Waals surface area contributed by atoms with Crippen molar-refractivity contribution in [2.75, 3.05) is 7.11 Å². The van der Waals surface area contributed by atoms with Crippen LogP contribution in [-0.4, -0.2) is 19.2 Å². The maximum atomic E-state index is 11.8. The zero-order chi connectivity index (χ0) is 15.8. The number of nitrogens with one attached hydrogen (secondary N) is 1. The molecule has 0 atom stereocenters. The molecule has 0 aromatic heterocycles. The van der Waals surface area contributed by atoms with Crippen LogP contribution in [0.5, 0.6) is 5.75 Å². The van der Waals surface area contributed by atoms with Crippen molar-refractivity contribution in [3.8, 4) is 5.75 Å². The summed E-state index contributed by atoms with van der Waals surface area (Å²) in [6.45, 7) is 2.11. The molecule has 2 aromatic carbocycles. The first-order valence-electron chi connectivity index (χ1n) is 7.25. The van der Waals surface area contributed by atoms with E-state index in [2.05, 4.69) is 29.6 Å². The fourth-order valence-corrected chi connectivity index (χ4v) is 1.99. The molecular weight excluding hydrogens is 276 g/mol. The lowest BCUT2D eigenvalue weighted by molar-refractivity contribution is -0.120. The lowest BCUT2D eigenvalue weighted by Gasteiger charge is -2.03. The van der Waals surface area contributed by atoms with Crippen molar-refractivity contribution in [2.24, 2.45) is 5.10 Å². The number of methoxy groups -OCH3 is 1. The number of benzene rings is 2. The molecule has 4 nitrogen and oxygen atoms in total. The summed E-state index contributed by atoms with van der Waals surface area (Å²) in [6, 6.07) is 15.5. The highest BCUT2D eigenvalue weighted by atomic mass is 16.5. The van der Waals surface area contributed by atoms with E-state index in [1.54, 1.807) is 13.3 Å². The largest absolute Gasteiger partial charge is 0.497 e. The van der Waals surface area contributed by atoms with Crippen LogP contribution < -0.4 is 10.2 Å². The Bertz CT molecular complexity index is 631. The highest BCUT2D eigenvalue weighted by Gasteiger charge is 2.02. The zero-order valence-corrected chi connectivity index (χ0v) is 12.9. The van der Waals surface area contributed by atoms with Gasteiger partial charge in [0.05, 0.1) is 19.7 Å². The van der Waals surface area contributed by atoms with Crippen molar-refractivity contribution in [1.82, 2.24) is 5.43 Å². The van der Waals surface area contributed by atoms with Gasteiger partial charge in [0, 0.05) is 0 Å². The van der Waals surface area contributed by atoms with Crippen LogP contribution in [0.1, 0.15) is 23.6 Å². The predicted molar refractivity (Wildman–Crippen MR) is 88.3 cm³/mol. The highest BCUT2D eigenvalue weighted by molar-refractivity contribution is 5.83. The van der Waals surface area contributed by atoms with Gasteiger partial charge in [-0.3, -0.25) is 4.79 Å². The Hall–Kier alpha value is -2.62. The summed E-state index contributed by atoms with van der Waals surface area (Å²) in [5.41, 5.74) is 5.69. The van der Waals surface area contributed by atoms with Gasteiger partial charge < -0.3 is 4.74 Å². The van der Waals surface area contributed by atoms with Crippen molar-refractivity contribution in [3.05, 3.63) is 65.2 Å². The van der Waals surface area contributed by atoms with E-state index in [1.165, 1.54) is 5.56 Å². The van der Waals surface area contributed by atoms with Crippen LogP contribution in [-0.2, 0) is 17.6 Å². The number of hydrogen-bond donors (Lipinski definition) is 1. The molecule has 1 N–H and O–H groups in total. The lowest BCUT2D eigenvalue weighted by atomic mass is 10.1. The molecule has 0 heterocycles. The van der Waals surface area contributed by atoms with Crippen molar-refractivity contribution in [2.45, 2.75) is 19.8 Å². The fraction of sp³-hybridized carbons (Fsp3) is 0.222. The van der Waals surface area contributed by atoms with Gasteiger partial charge in [0.15, 0.2) is 0 Å². The van der Waals surface area contributed by atoms with Crippen LogP contribution in [0.25, 0.3) is 0 Å². The summed E-state index contributed by atoms with van der Waals surface area (Å²) in [5, 5.41) is 3.98. The smallest absolute Gasteiger partial charge is 0.244 e. The van der Waals surface area contributed by atoms with Crippen LogP contribution in [0.3, 0.4) is 0 Å². The Morgan fingerprint density at radius 2 is 1.73 bits per heavy atom. The molecule has 0 spiro atoms. The zero-order valence-electron chi connectivity index (χ0n) is 12.9. The number of nitrogens with zero attached hydrogens (tertiary/aromatic N) is 1. The minimum absolute atomic E-state index is 0.147. The molecular formula is C18H20N2O2. The second-order valence-corrected chi connectivity index (χ2v) is 4.91. The molecule has 0 saturated carbocycles. The van der Waals surface area contributed by atoms with Crippen molar-refractivity contribution >= 4 is 12.1 Å². The van der Waals surface area contributed by atoms with E-state index in [9.17, 15) is 4.79 Å². The van der Waals surface area contributed by atoms with Gasteiger partial charge in [0.1, 0.15) is 5.75 Å². The molecule has 0 aliphatic heterocycles. The molecule has 4 heteroatoms. The molecule has 2 aromatic rings. The summed E-state index contributed by atoms with van der Waals surface area (Å²) in [7, 11) is 1.61. The SMILES string of the molecule is CCc1ccc(/C=N/NC(=O)Cc2ccc(OC)cc2)cc1. The third-order valence-electron chi connectivity index (χ3n) is 3.31. The van der Waals surface area contributed by atoms with Gasteiger partial charge >= 0.3 is 0 Å². The molecule has 0 saturated heterocycles. The number of carbonyl (C=O) groups is 1. The fourth-order valence-electron chi connectivity index (χ4n) is 1.99.